The highest BCUT2D eigenvalue weighted by Gasteiger charge is 2.22. The summed E-state index contributed by atoms with van der Waals surface area (Å²) in [5.41, 5.74) is 0.337. The lowest BCUT2D eigenvalue weighted by Crippen LogP contribution is -2.27. The maximum Gasteiger partial charge on any atom is 0.433 e. The summed E-state index contributed by atoms with van der Waals surface area (Å²) in [5, 5.41) is 0. The van der Waals surface area contributed by atoms with Crippen molar-refractivity contribution in [1.29, 1.82) is 0 Å². The molecule has 4 nitrogen and oxygen atoms in total. The predicted octanol–water partition coefficient (Wildman–Crippen LogP) is 2.86. The number of hydrogen-bond donors (Lipinski definition) is 0. The molecule has 0 rings (SSSR count). The summed E-state index contributed by atoms with van der Waals surface area (Å²) in [4.78, 5) is 26.7. The van der Waals surface area contributed by atoms with Crippen molar-refractivity contribution in [3.63, 3.8) is 0 Å². The summed E-state index contributed by atoms with van der Waals surface area (Å²) in [6, 6.07) is 0. The normalized spacial score (nSPS) is 13.8. The van der Waals surface area contributed by atoms with Gasteiger partial charge >= 0.3 is 6.09 Å². The summed E-state index contributed by atoms with van der Waals surface area (Å²) in [6.45, 7) is 7.54. The summed E-state index contributed by atoms with van der Waals surface area (Å²) < 4.78 is 4.46. The van der Waals surface area contributed by atoms with Crippen molar-refractivity contribution in [1.82, 2.24) is 0 Å². The number of carbonyl (C=O) groups excluding carboxylic acids is 2. The number of hydrogen-bond acceptors (Lipinski definition) is 3. The second kappa shape index (κ2) is 7.14. The second-order valence-corrected chi connectivity index (χ2v) is 4.18. The summed E-state index contributed by atoms with van der Waals surface area (Å²) in [6.07, 6.45) is 1.09. The number of carbonyl (C=O) groups is 2. The standard InChI is InChI=1S/C12H21NO3/c1-6-7-9(4)10(11(14)8(2)3)13-12(15)16-5/h8-9H,6-7H2,1-5H3. The number of nitrogens with zero attached hydrogens (tertiary/aromatic N) is 1. The Morgan fingerprint density at radius 2 is 1.81 bits per heavy atom. The number of ketones is 1. The van der Waals surface area contributed by atoms with Crippen LogP contribution in [0.5, 0.6) is 0 Å². The molecule has 0 aromatic rings. The van der Waals surface area contributed by atoms with Crippen molar-refractivity contribution in [2.45, 2.75) is 40.5 Å². The smallest absolute Gasteiger partial charge is 0.433 e. The lowest BCUT2D eigenvalue weighted by Gasteiger charge is -2.14. The van der Waals surface area contributed by atoms with Crippen LogP contribution in [-0.2, 0) is 9.53 Å². The van der Waals surface area contributed by atoms with Crippen molar-refractivity contribution in [3.05, 3.63) is 0 Å². The van der Waals surface area contributed by atoms with Crippen LogP contribution in [0.1, 0.15) is 40.5 Å². The molecule has 0 saturated carbocycles. The first-order valence-corrected chi connectivity index (χ1v) is 5.64. The lowest BCUT2D eigenvalue weighted by atomic mass is 9.92. The maximum atomic E-state index is 11.9. The number of amides is 1. The van der Waals surface area contributed by atoms with Gasteiger partial charge in [-0.05, 0) is 6.42 Å². The van der Waals surface area contributed by atoms with Crippen molar-refractivity contribution >= 4 is 17.6 Å². The van der Waals surface area contributed by atoms with E-state index >= 15 is 0 Å². The van der Waals surface area contributed by atoms with E-state index in [2.05, 4.69) is 9.73 Å². The monoisotopic (exact) mass is 227 g/mol. The summed E-state index contributed by atoms with van der Waals surface area (Å²) in [5.74, 6) is -0.229. The van der Waals surface area contributed by atoms with Crippen LogP contribution in [0, 0.1) is 11.8 Å². The molecule has 16 heavy (non-hydrogen) atoms. The quantitative estimate of drug-likeness (QED) is 0.678. The number of Topliss-reactive ketones (excluding diaryl/α,β-unsaturated/α-hetero) is 1. The van der Waals surface area contributed by atoms with E-state index in [1.54, 1.807) is 13.8 Å². The first kappa shape index (κ1) is 14.8. The van der Waals surface area contributed by atoms with Gasteiger partial charge in [-0.2, -0.15) is 4.99 Å². The molecule has 0 aliphatic rings. The van der Waals surface area contributed by atoms with E-state index in [4.69, 9.17) is 0 Å². The molecule has 0 aliphatic carbocycles. The maximum absolute atomic E-state index is 11.9. The van der Waals surface area contributed by atoms with Crippen molar-refractivity contribution in [3.8, 4) is 0 Å². The van der Waals surface area contributed by atoms with Gasteiger partial charge in [0.05, 0.1) is 12.8 Å². The fourth-order valence-corrected chi connectivity index (χ4v) is 1.42. The van der Waals surface area contributed by atoms with E-state index in [0.717, 1.165) is 12.8 Å². The Morgan fingerprint density at radius 3 is 2.19 bits per heavy atom. The third-order valence-corrected chi connectivity index (χ3v) is 2.35. The average molecular weight is 227 g/mol. The van der Waals surface area contributed by atoms with Gasteiger partial charge in [0.2, 0.25) is 0 Å². The Morgan fingerprint density at radius 1 is 1.25 bits per heavy atom. The van der Waals surface area contributed by atoms with Gasteiger partial charge in [-0.15, -0.1) is 0 Å². The highest BCUT2D eigenvalue weighted by atomic mass is 16.5. The molecule has 92 valence electrons. The third-order valence-electron chi connectivity index (χ3n) is 2.35. The molecular weight excluding hydrogens is 206 g/mol. The van der Waals surface area contributed by atoms with Gasteiger partial charge in [-0.3, -0.25) is 4.79 Å². The van der Waals surface area contributed by atoms with Crippen LogP contribution in [0.2, 0.25) is 0 Å². The minimum absolute atomic E-state index is 0.000926. The molecule has 4 heteroatoms. The molecular formula is C12H21NO3. The first-order chi connectivity index (χ1) is 7.43. The van der Waals surface area contributed by atoms with Crippen LogP contribution >= 0.6 is 0 Å². The Bertz CT molecular complexity index is 282. The Kier molecular flexibility index (Phi) is 6.61. The van der Waals surface area contributed by atoms with Gasteiger partial charge in [0.1, 0.15) is 0 Å². The summed E-state index contributed by atoms with van der Waals surface area (Å²) >= 11 is 0. The van der Waals surface area contributed by atoms with Crippen molar-refractivity contribution in [2.24, 2.45) is 16.8 Å². The molecule has 0 bridgehead atoms. The van der Waals surface area contributed by atoms with Crippen LogP contribution in [0.15, 0.2) is 4.99 Å². The number of methoxy groups -OCH3 is 1. The minimum atomic E-state index is -0.702. The molecule has 0 aliphatic heterocycles. The Hall–Kier alpha value is -1.19. The molecule has 1 atom stereocenters. The fraction of sp³-hybridized carbons (Fsp3) is 0.750. The molecule has 0 radical (unpaired) electrons. The van der Waals surface area contributed by atoms with E-state index in [1.807, 2.05) is 13.8 Å². The van der Waals surface area contributed by atoms with Crippen LogP contribution in [-0.4, -0.2) is 24.7 Å². The Balaban J connectivity index is 4.97. The van der Waals surface area contributed by atoms with E-state index in [1.165, 1.54) is 7.11 Å². The number of ether oxygens (including phenoxy) is 1. The topological polar surface area (TPSA) is 55.7 Å². The highest BCUT2D eigenvalue weighted by Crippen LogP contribution is 2.12. The van der Waals surface area contributed by atoms with Gasteiger partial charge in [0.25, 0.3) is 0 Å². The van der Waals surface area contributed by atoms with Gasteiger partial charge in [-0.1, -0.05) is 34.1 Å². The molecule has 0 aromatic carbocycles. The SMILES string of the molecule is CCCC(C)C(=NC(=O)OC)C(=O)C(C)C. The van der Waals surface area contributed by atoms with E-state index in [-0.39, 0.29) is 17.6 Å². The van der Waals surface area contributed by atoms with E-state index < -0.39 is 6.09 Å². The van der Waals surface area contributed by atoms with Crippen LogP contribution in [0.4, 0.5) is 4.79 Å². The van der Waals surface area contributed by atoms with E-state index in [0.29, 0.717) is 5.71 Å². The van der Waals surface area contributed by atoms with Crippen molar-refractivity contribution in [2.75, 3.05) is 7.11 Å². The predicted molar refractivity (Wildman–Crippen MR) is 63.8 cm³/mol. The molecule has 0 N–H and O–H groups in total. The molecule has 0 aromatic heterocycles. The number of rotatable bonds is 5. The van der Waals surface area contributed by atoms with E-state index in [9.17, 15) is 9.59 Å². The fourth-order valence-electron chi connectivity index (χ4n) is 1.42. The molecule has 0 fully saturated rings. The molecule has 1 amide bonds. The number of aliphatic imine (C=N–C) groups is 1. The zero-order valence-corrected chi connectivity index (χ0v) is 10.7. The lowest BCUT2D eigenvalue weighted by molar-refractivity contribution is -0.115. The highest BCUT2D eigenvalue weighted by molar-refractivity contribution is 6.42. The van der Waals surface area contributed by atoms with Gasteiger partial charge in [-0.25, -0.2) is 4.79 Å². The largest absolute Gasteiger partial charge is 0.451 e. The first-order valence-electron chi connectivity index (χ1n) is 5.64. The van der Waals surface area contributed by atoms with Gasteiger partial charge < -0.3 is 4.74 Å². The zero-order chi connectivity index (χ0) is 12.7. The van der Waals surface area contributed by atoms with Crippen molar-refractivity contribution < 1.29 is 14.3 Å². The molecule has 0 spiro atoms. The third kappa shape index (κ3) is 4.55. The van der Waals surface area contributed by atoms with Gasteiger partial charge in [0, 0.05) is 11.8 Å². The molecule has 0 saturated heterocycles. The van der Waals surface area contributed by atoms with Crippen LogP contribution in [0.3, 0.4) is 0 Å². The van der Waals surface area contributed by atoms with Crippen LogP contribution < -0.4 is 0 Å². The Labute approximate surface area is 97.1 Å². The average Bonchev–Trinajstić information content (AvgIpc) is 2.24. The molecule has 0 heterocycles. The molecule has 1 unspecified atom stereocenters. The minimum Gasteiger partial charge on any atom is -0.451 e. The van der Waals surface area contributed by atoms with Crippen LogP contribution in [0.25, 0.3) is 0 Å². The zero-order valence-electron chi connectivity index (χ0n) is 10.7. The van der Waals surface area contributed by atoms with Gasteiger partial charge in [0.15, 0.2) is 5.78 Å². The second-order valence-electron chi connectivity index (χ2n) is 4.18. The summed E-state index contributed by atoms with van der Waals surface area (Å²) in [7, 11) is 1.26.